The van der Waals surface area contributed by atoms with Crippen LogP contribution in [0.4, 0.5) is 5.82 Å². The number of amides is 1. The van der Waals surface area contributed by atoms with Crippen molar-refractivity contribution in [3.8, 4) is 6.07 Å². The van der Waals surface area contributed by atoms with Crippen LogP contribution < -0.4 is 5.32 Å². The molecule has 128 valence electrons. The van der Waals surface area contributed by atoms with Crippen molar-refractivity contribution in [1.82, 2.24) is 5.16 Å². The number of hydrogen-bond donors (Lipinski definition) is 1. The standard InChI is InChI=1S/C18H17N3O4/c1-11-4-6-14(7-5-11)9-15(10-19)18(23)24-13(3)17(22)20-16-8-12(2)25-21-16/h4-9,13H,1-3H3,(H,20,21,22)/b15-9+/t13-/m1/s1. The van der Waals surface area contributed by atoms with Crippen LogP contribution in [-0.2, 0) is 14.3 Å². The van der Waals surface area contributed by atoms with Gasteiger partial charge in [-0.05, 0) is 32.4 Å². The van der Waals surface area contributed by atoms with Crippen molar-refractivity contribution in [3.63, 3.8) is 0 Å². The SMILES string of the molecule is Cc1ccc(/C=C(\C#N)C(=O)O[C@H](C)C(=O)Nc2cc(C)on2)cc1. The number of nitrogens with zero attached hydrogens (tertiary/aromatic N) is 2. The maximum atomic E-state index is 12.1. The van der Waals surface area contributed by atoms with Crippen LogP contribution in [0.3, 0.4) is 0 Å². The van der Waals surface area contributed by atoms with Gasteiger partial charge in [0.2, 0.25) is 0 Å². The molecule has 1 amide bonds. The summed E-state index contributed by atoms with van der Waals surface area (Å²) in [7, 11) is 0. The number of ether oxygens (including phenoxy) is 1. The Kier molecular flexibility index (Phi) is 5.69. The first-order valence-electron chi connectivity index (χ1n) is 7.52. The third kappa shape index (κ3) is 5.04. The first kappa shape index (κ1) is 17.9. The van der Waals surface area contributed by atoms with Gasteiger partial charge < -0.3 is 14.6 Å². The van der Waals surface area contributed by atoms with E-state index in [2.05, 4.69) is 10.5 Å². The van der Waals surface area contributed by atoms with Crippen LogP contribution in [0.15, 0.2) is 40.4 Å². The minimum atomic E-state index is -1.10. The van der Waals surface area contributed by atoms with Gasteiger partial charge in [-0.15, -0.1) is 0 Å². The van der Waals surface area contributed by atoms with E-state index in [4.69, 9.17) is 14.5 Å². The summed E-state index contributed by atoms with van der Waals surface area (Å²) in [6.07, 6.45) is 0.312. The van der Waals surface area contributed by atoms with Gasteiger partial charge in [-0.25, -0.2) is 4.79 Å². The molecule has 0 aliphatic heterocycles. The van der Waals surface area contributed by atoms with Crippen molar-refractivity contribution in [2.24, 2.45) is 0 Å². The maximum Gasteiger partial charge on any atom is 0.349 e. The molecule has 0 saturated carbocycles. The van der Waals surface area contributed by atoms with Crippen LogP contribution in [0, 0.1) is 25.2 Å². The van der Waals surface area contributed by atoms with E-state index >= 15 is 0 Å². The van der Waals surface area contributed by atoms with Crippen LogP contribution in [0.25, 0.3) is 6.08 Å². The number of aryl methyl sites for hydroxylation is 2. The van der Waals surface area contributed by atoms with Gasteiger partial charge in [0, 0.05) is 6.07 Å². The molecule has 1 N–H and O–H groups in total. The fraction of sp³-hybridized carbons (Fsp3) is 0.222. The molecule has 0 aliphatic carbocycles. The number of anilines is 1. The Morgan fingerprint density at radius 3 is 2.56 bits per heavy atom. The number of rotatable bonds is 5. The lowest BCUT2D eigenvalue weighted by Crippen LogP contribution is -2.30. The predicted octanol–water partition coefficient (Wildman–Crippen LogP) is 2.77. The number of nitriles is 1. The fourth-order valence-corrected chi connectivity index (χ4v) is 1.90. The highest BCUT2D eigenvalue weighted by Crippen LogP contribution is 2.12. The Morgan fingerprint density at radius 1 is 1.32 bits per heavy atom. The van der Waals surface area contributed by atoms with Crippen molar-refractivity contribution in [1.29, 1.82) is 5.26 Å². The van der Waals surface area contributed by atoms with Gasteiger partial charge in [-0.2, -0.15) is 5.26 Å². The van der Waals surface area contributed by atoms with Gasteiger partial charge in [-0.1, -0.05) is 35.0 Å². The van der Waals surface area contributed by atoms with E-state index < -0.39 is 18.0 Å². The molecular formula is C18H17N3O4. The van der Waals surface area contributed by atoms with E-state index in [9.17, 15) is 9.59 Å². The molecule has 1 heterocycles. The van der Waals surface area contributed by atoms with Crippen LogP contribution in [0.5, 0.6) is 0 Å². The average Bonchev–Trinajstić information content (AvgIpc) is 2.98. The quantitative estimate of drug-likeness (QED) is 0.510. The minimum Gasteiger partial charge on any atom is -0.448 e. The smallest absolute Gasteiger partial charge is 0.349 e. The van der Waals surface area contributed by atoms with E-state index in [1.807, 2.05) is 19.1 Å². The molecule has 2 rings (SSSR count). The van der Waals surface area contributed by atoms with Crippen LogP contribution in [-0.4, -0.2) is 23.1 Å². The molecule has 2 aromatic rings. The van der Waals surface area contributed by atoms with E-state index in [1.165, 1.54) is 19.1 Å². The summed E-state index contributed by atoms with van der Waals surface area (Å²) in [5.74, 6) is -0.690. The lowest BCUT2D eigenvalue weighted by atomic mass is 10.1. The minimum absolute atomic E-state index is 0.194. The molecule has 7 nitrogen and oxygen atoms in total. The summed E-state index contributed by atoms with van der Waals surface area (Å²) in [5.41, 5.74) is 1.56. The van der Waals surface area contributed by atoms with Crippen molar-refractivity contribution in [2.75, 3.05) is 5.32 Å². The van der Waals surface area contributed by atoms with Crippen molar-refractivity contribution in [2.45, 2.75) is 26.9 Å². The number of esters is 1. The van der Waals surface area contributed by atoms with Gasteiger partial charge in [0.05, 0.1) is 0 Å². The van der Waals surface area contributed by atoms with Gasteiger partial charge in [-0.3, -0.25) is 4.79 Å². The third-order valence-corrected chi connectivity index (χ3v) is 3.26. The topological polar surface area (TPSA) is 105 Å². The van der Waals surface area contributed by atoms with E-state index in [-0.39, 0.29) is 11.4 Å². The van der Waals surface area contributed by atoms with Gasteiger partial charge in [0.1, 0.15) is 17.4 Å². The van der Waals surface area contributed by atoms with Crippen molar-refractivity contribution in [3.05, 3.63) is 52.8 Å². The first-order chi connectivity index (χ1) is 11.9. The van der Waals surface area contributed by atoms with E-state index in [0.29, 0.717) is 11.3 Å². The highest BCUT2D eigenvalue weighted by Gasteiger charge is 2.21. The molecule has 7 heteroatoms. The van der Waals surface area contributed by atoms with Crippen LogP contribution >= 0.6 is 0 Å². The molecular weight excluding hydrogens is 322 g/mol. The molecule has 0 saturated heterocycles. The predicted molar refractivity (Wildman–Crippen MR) is 90.2 cm³/mol. The zero-order chi connectivity index (χ0) is 18.4. The first-order valence-corrected chi connectivity index (χ1v) is 7.52. The molecule has 0 bridgehead atoms. The number of nitrogens with one attached hydrogen (secondary N) is 1. The van der Waals surface area contributed by atoms with Gasteiger partial charge in [0.25, 0.3) is 5.91 Å². The lowest BCUT2D eigenvalue weighted by Gasteiger charge is -2.11. The Bertz CT molecular complexity index is 844. The largest absolute Gasteiger partial charge is 0.448 e. The van der Waals surface area contributed by atoms with Gasteiger partial charge in [0.15, 0.2) is 11.9 Å². The molecule has 0 spiro atoms. The fourth-order valence-electron chi connectivity index (χ4n) is 1.90. The summed E-state index contributed by atoms with van der Waals surface area (Å²) in [6, 6.07) is 10.6. The van der Waals surface area contributed by atoms with Crippen molar-refractivity contribution >= 4 is 23.8 Å². The Balaban J connectivity index is 2.01. The summed E-state index contributed by atoms with van der Waals surface area (Å²) in [4.78, 5) is 24.1. The van der Waals surface area contributed by atoms with Gasteiger partial charge >= 0.3 is 5.97 Å². The number of hydrogen-bond acceptors (Lipinski definition) is 6. The Hall–Kier alpha value is -3.40. The number of benzene rings is 1. The summed E-state index contributed by atoms with van der Waals surface area (Å²) in [5, 5.41) is 15.2. The molecule has 0 aliphatic rings. The normalized spacial score (nSPS) is 12.2. The Morgan fingerprint density at radius 2 is 2.00 bits per heavy atom. The zero-order valence-corrected chi connectivity index (χ0v) is 14.1. The van der Waals surface area contributed by atoms with Crippen LogP contribution in [0.1, 0.15) is 23.8 Å². The molecule has 1 aromatic carbocycles. The zero-order valence-electron chi connectivity index (χ0n) is 14.1. The Labute approximate surface area is 144 Å². The molecule has 0 fully saturated rings. The van der Waals surface area contributed by atoms with E-state index in [1.54, 1.807) is 25.1 Å². The molecule has 1 aromatic heterocycles. The lowest BCUT2D eigenvalue weighted by molar-refractivity contribution is -0.148. The molecule has 0 unspecified atom stereocenters. The number of carbonyl (C=O) groups excluding carboxylic acids is 2. The molecule has 1 atom stereocenters. The second-order valence-electron chi connectivity index (χ2n) is 5.44. The summed E-state index contributed by atoms with van der Waals surface area (Å²) < 4.78 is 9.87. The van der Waals surface area contributed by atoms with Crippen molar-refractivity contribution < 1.29 is 18.8 Å². The molecule has 0 radical (unpaired) electrons. The van der Waals surface area contributed by atoms with E-state index in [0.717, 1.165) is 5.56 Å². The summed E-state index contributed by atoms with van der Waals surface area (Å²) >= 11 is 0. The average molecular weight is 339 g/mol. The molecule has 25 heavy (non-hydrogen) atoms. The number of carbonyl (C=O) groups is 2. The second kappa shape index (κ2) is 7.93. The monoisotopic (exact) mass is 339 g/mol. The third-order valence-electron chi connectivity index (χ3n) is 3.26. The highest BCUT2D eigenvalue weighted by molar-refractivity contribution is 6.00. The van der Waals surface area contributed by atoms with Crippen LogP contribution in [0.2, 0.25) is 0 Å². The second-order valence-corrected chi connectivity index (χ2v) is 5.44. The highest BCUT2D eigenvalue weighted by atomic mass is 16.5. The summed E-state index contributed by atoms with van der Waals surface area (Å²) in [6.45, 7) is 5.02. The maximum absolute atomic E-state index is 12.1. The number of aromatic nitrogens is 1.